The van der Waals surface area contributed by atoms with Gasteiger partial charge in [-0.2, -0.15) is 0 Å². The summed E-state index contributed by atoms with van der Waals surface area (Å²) < 4.78 is 16.6. The minimum Gasteiger partial charge on any atom is -0.491 e. The molecule has 2 rings (SSSR count). The first-order chi connectivity index (χ1) is 10.7. The second kappa shape index (κ2) is 9.13. The molecule has 1 N–H and O–H groups in total. The smallest absolute Gasteiger partial charge is 0.119 e. The van der Waals surface area contributed by atoms with Crippen molar-refractivity contribution in [2.24, 2.45) is 0 Å². The molecule has 2 unspecified atom stereocenters. The lowest BCUT2D eigenvalue weighted by Gasteiger charge is -2.23. The molecule has 1 aromatic rings. The van der Waals surface area contributed by atoms with Crippen LogP contribution in [0.3, 0.4) is 0 Å². The summed E-state index contributed by atoms with van der Waals surface area (Å²) >= 11 is 0. The van der Waals surface area contributed by atoms with Crippen LogP contribution in [0.25, 0.3) is 0 Å². The molecule has 4 heteroatoms. The van der Waals surface area contributed by atoms with E-state index in [0.717, 1.165) is 38.2 Å². The van der Waals surface area contributed by atoms with E-state index in [2.05, 4.69) is 26.0 Å². The Morgan fingerprint density at radius 3 is 2.50 bits per heavy atom. The highest BCUT2D eigenvalue weighted by Crippen LogP contribution is 2.21. The van der Waals surface area contributed by atoms with Gasteiger partial charge in [0.05, 0.1) is 12.7 Å². The van der Waals surface area contributed by atoms with Gasteiger partial charge in [-0.3, -0.25) is 0 Å². The SMILES string of the molecule is CCC(C)c1ccc(OCC(O)COC2CCOCC2)cc1. The fourth-order valence-electron chi connectivity index (χ4n) is 2.46. The van der Waals surface area contributed by atoms with Crippen molar-refractivity contribution in [2.75, 3.05) is 26.4 Å². The molecule has 1 fully saturated rings. The van der Waals surface area contributed by atoms with Gasteiger partial charge in [-0.1, -0.05) is 26.0 Å². The van der Waals surface area contributed by atoms with Crippen LogP contribution in [0.4, 0.5) is 0 Å². The second-order valence-corrected chi connectivity index (χ2v) is 5.99. The highest BCUT2D eigenvalue weighted by molar-refractivity contribution is 5.29. The summed E-state index contributed by atoms with van der Waals surface area (Å²) in [7, 11) is 0. The first-order valence-corrected chi connectivity index (χ1v) is 8.29. The Labute approximate surface area is 133 Å². The quantitative estimate of drug-likeness (QED) is 0.801. The van der Waals surface area contributed by atoms with Gasteiger partial charge in [0.25, 0.3) is 0 Å². The van der Waals surface area contributed by atoms with E-state index < -0.39 is 6.10 Å². The molecule has 0 aromatic heterocycles. The standard InChI is InChI=1S/C18H28O4/c1-3-14(2)15-4-6-17(7-5-15)21-12-16(19)13-22-18-8-10-20-11-9-18/h4-7,14,16,18-19H,3,8-13H2,1-2H3. The van der Waals surface area contributed by atoms with Gasteiger partial charge in [0.2, 0.25) is 0 Å². The van der Waals surface area contributed by atoms with Crippen LogP contribution in [0.5, 0.6) is 5.75 Å². The molecule has 2 atom stereocenters. The van der Waals surface area contributed by atoms with Gasteiger partial charge >= 0.3 is 0 Å². The van der Waals surface area contributed by atoms with E-state index in [1.54, 1.807) is 0 Å². The Morgan fingerprint density at radius 2 is 1.86 bits per heavy atom. The number of hydrogen-bond acceptors (Lipinski definition) is 4. The summed E-state index contributed by atoms with van der Waals surface area (Å²) in [5.41, 5.74) is 1.32. The Hall–Kier alpha value is -1.10. The lowest BCUT2D eigenvalue weighted by Crippen LogP contribution is -2.30. The molecular formula is C18H28O4. The third-order valence-corrected chi connectivity index (χ3v) is 4.20. The molecule has 22 heavy (non-hydrogen) atoms. The average molecular weight is 308 g/mol. The van der Waals surface area contributed by atoms with Crippen LogP contribution in [0.15, 0.2) is 24.3 Å². The zero-order chi connectivity index (χ0) is 15.8. The van der Waals surface area contributed by atoms with Crippen LogP contribution < -0.4 is 4.74 Å². The molecular weight excluding hydrogens is 280 g/mol. The van der Waals surface area contributed by atoms with Crippen LogP contribution >= 0.6 is 0 Å². The van der Waals surface area contributed by atoms with E-state index in [9.17, 15) is 5.11 Å². The van der Waals surface area contributed by atoms with Gasteiger partial charge in [-0.15, -0.1) is 0 Å². The summed E-state index contributed by atoms with van der Waals surface area (Å²) in [5, 5.41) is 9.94. The van der Waals surface area contributed by atoms with Crippen molar-refractivity contribution in [1.29, 1.82) is 0 Å². The van der Waals surface area contributed by atoms with Crippen molar-refractivity contribution in [3.63, 3.8) is 0 Å². The topological polar surface area (TPSA) is 47.9 Å². The largest absolute Gasteiger partial charge is 0.491 e. The van der Waals surface area contributed by atoms with Gasteiger partial charge in [-0.25, -0.2) is 0 Å². The van der Waals surface area contributed by atoms with Crippen molar-refractivity contribution in [3.05, 3.63) is 29.8 Å². The normalized spacial score (nSPS) is 18.9. The fourth-order valence-corrected chi connectivity index (χ4v) is 2.46. The van der Waals surface area contributed by atoms with Gasteiger partial charge < -0.3 is 19.3 Å². The zero-order valence-electron chi connectivity index (χ0n) is 13.7. The predicted octanol–water partition coefficient (Wildman–Crippen LogP) is 3.14. The number of aliphatic hydroxyl groups is 1. The van der Waals surface area contributed by atoms with Gasteiger partial charge in [0.15, 0.2) is 0 Å². The Balaban J connectivity index is 1.68. The minimum atomic E-state index is -0.600. The van der Waals surface area contributed by atoms with E-state index in [0.29, 0.717) is 12.5 Å². The summed E-state index contributed by atoms with van der Waals surface area (Å²) in [5.74, 6) is 1.35. The maximum absolute atomic E-state index is 9.94. The third kappa shape index (κ3) is 5.59. The number of benzene rings is 1. The average Bonchev–Trinajstić information content (AvgIpc) is 2.58. The highest BCUT2D eigenvalue weighted by Gasteiger charge is 2.16. The molecule has 0 spiro atoms. The first-order valence-electron chi connectivity index (χ1n) is 8.29. The molecule has 4 nitrogen and oxygen atoms in total. The van der Waals surface area contributed by atoms with E-state index in [1.807, 2.05) is 12.1 Å². The molecule has 0 bridgehead atoms. The van der Waals surface area contributed by atoms with Crippen LogP contribution in [-0.2, 0) is 9.47 Å². The third-order valence-electron chi connectivity index (χ3n) is 4.20. The monoisotopic (exact) mass is 308 g/mol. The zero-order valence-corrected chi connectivity index (χ0v) is 13.7. The van der Waals surface area contributed by atoms with Crippen LogP contribution in [0.2, 0.25) is 0 Å². The fraction of sp³-hybridized carbons (Fsp3) is 0.667. The Morgan fingerprint density at radius 1 is 1.18 bits per heavy atom. The lowest BCUT2D eigenvalue weighted by molar-refractivity contribution is -0.0659. The lowest BCUT2D eigenvalue weighted by atomic mass is 9.99. The summed E-state index contributed by atoms with van der Waals surface area (Å²) in [6, 6.07) is 8.11. The first kappa shape index (κ1) is 17.3. The molecule has 1 aromatic carbocycles. The van der Waals surface area contributed by atoms with Crippen molar-refractivity contribution < 1.29 is 19.3 Å². The molecule has 0 radical (unpaired) electrons. The van der Waals surface area contributed by atoms with Crippen LogP contribution in [-0.4, -0.2) is 43.7 Å². The van der Waals surface area contributed by atoms with Crippen LogP contribution in [0.1, 0.15) is 44.6 Å². The predicted molar refractivity (Wildman–Crippen MR) is 86.4 cm³/mol. The minimum absolute atomic E-state index is 0.207. The Kier molecular flexibility index (Phi) is 7.16. The van der Waals surface area contributed by atoms with E-state index in [1.165, 1.54) is 5.56 Å². The maximum atomic E-state index is 9.94. The molecule has 0 saturated carbocycles. The van der Waals surface area contributed by atoms with E-state index >= 15 is 0 Å². The van der Waals surface area contributed by atoms with Crippen molar-refractivity contribution in [2.45, 2.75) is 51.2 Å². The van der Waals surface area contributed by atoms with Gasteiger partial charge in [0.1, 0.15) is 18.5 Å². The molecule has 124 valence electrons. The van der Waals surface area contributed by atoms with Gasteiger partial charge in [0, 0.05) is 13.2 Å². The summed E-state index contributed by atoms with van der Waals surface area (Å²) in [6.45, 7) is 6.47. The Bertz CT molecular complexity index is 412. The number of rotatable bonds is 8. The summed E-state index contributed by atoms with van der Waals surface area (Å²) in [6.07, 6.45) is 2.55. The molecule has 1 aliphatic heterocycles. The van der Waals surface area contributed by atoms with Crippen molar-refractivity contribution in [3.8, 4) is 5.75 Å². The number of hydrogen-bond donors (Lipinski definition) is 1. The molecule has 0 aliphatic carbocycles. The van der Waals surface area contributed by atoms with Crippen molar-refractivity contribution >= 4 is 0 Å². The second-order valence-electron chi connectivity index (χ2n) is 5.99. The molecule has 1 saturated heterocycles. The van der Waals surface area contributed by atoms with E-state index in [4.69, 9.17) is 14.2 Å². The molecule has 1 heterocycles. The van der Waals surface area contributed by atoms with E-state index in [-0.39, 0.29) is 12.7 Å². The maximum Gasteiger partial charge on any atom is 0.119 e. The van der Waals surface area contributed by atoms with Gasteiger partial charge in [-0.05, 0) is 42.9 Å². The van der Waals surface area contributed by atoms with Crippen LogP contribution in [0, 0.1) is 0 Å². The number of aliphatic hydroxyl groups excluding tert-OH is 1. The molecule has 0 amide bonds. The molecule has 1 aliphatic rings. The van der Waals surface area contributed by atoms with Crippen molar-refractivity contribution in [1.82, 2.24) is 0 Å². The highest BCUT2D eigenvalue weighted by atomic mass is 16.5. The number of ether oxygens (including phenoxy) is 3. The summed E-state index contributed by atoms with van der Waals surface area (Å²) in [4.78, 5) is 0.